The molecule has 3 aliphatic heterocycles. The highest BCUT2D eigenvalue weighted by atomic mass is 35.5. The van der Waals surface area contributed by atoms with Crippen LogP contribution in [-0.2, 0) is 9.59 Å². The highest BCUT2D eigenvalue weighted by Gasteiger charge is 2.55. The number of hydrogen-bond donors (Lipinski definition) is 0. The van der Waals surface area contributed by atoms with Gasteiger partial charge in [0.15, 0.2) is 12.1 Å². The third-order valence-corrected chi connectivity index (χ3v) is 6.76. The van der Waals surface area contributed by atoms with Crippen molar-refractivity contribution < 1.29 is 9.59 Å². The van der Waals surface area contributed by atoms with Crippen molar-refractivity contribution in [1.82, 2.24) is 19.8 Å². The zero-order chi connectivity index (χ0) is 20.6. The van der Waals surface area contributed by atoms with E-state index in [1.165, 1.54) is 0 Å². The number of likely N-dealkylation sites (N-methyl/N-ethyl adjacent to an activating group) is 2. The lowest BCUT2D eigenvalue weighted by Crippen LogP contribution is -2.71. The Morgan fingerprint density at radius 1 is 0.750 bits per heavy atom. The van der Waals surface area contributed by atoms with Crippen LogP contribution in [0.25, 0.3) is 0 Å². The Bertz CT molecular complexity index is 601. The van der Waals surface area contributed by atoms with Gasteiger partial charge in [-0.15, -0.1) is 33.0 Å². The average molecular weight is 435 g/mol. The largest absolute Gasteiger partial charge is 0.299 e. The van der Waals surface area contributed by atoms with Crippen molar-refractivity contribution in [2.24, 2.45) is 10.6 Å². The topological polar surface area (TPSA) is 106 Å². The molecule has 3 heterocycles. The molecule has 0 spiro atoms. The maximum Gasteiger partial charge on any atom is 0.272 e. The Morgan fingerprint density at radius 2 is 1.11 bits per heavy atom. The summed E-state index contributed by atoms with van der Waals surface area (Å²) in [5.41, 5.74) is 0. The van der Waals surface area contributed by atoms with Crippen molar-refractivity contribution in [2.45, 2.75) is 60.6 Å². The van der Waals surface area contributed by atoms with Gasteiger partial charge in [-0.25, -0.2) is 0 Å². The zero-order valence-electron chi connectivity index (χ0n) is 15.8. The summed E-state index contributed by atoms with van der Waals surface area (Å²) in [7, 11) is 3.53. The van der Waals surface area contributed by atoms with Crippen LogP contribution in [0.4, 0.5) is 0 Å². The van der Waals surface area contributed by atoms with Crippen molar-refractivity contribution >= 4 is 35.0 Å². The normalized spacial score (nSPS) is 38.6. The minimum atomic E-state index is -1.19. The first-order chi connectivity index (χ1) is 13.3. The number of nitrogens with zero attached hydrogens (tertiary/aromatic N) is 6. The van der Waals surface area contributed by atoms with Gasteiger partial charge in [0.1, 0.15) is 0 Å². The first-order valence-corrected chi connectivity index (χ1v) is 10.2. The van der Waals surface area contributed by atoms with Crippen molar-refractivity contribution in [1.29, 1.82) is 0 Å². The van der Waals surface area contributed by atoms with Gasteiger partial charge in [0.05, 0.1) is 10.6 Å². The van der Waals surface area contributed by atoms with Crippen molar-refractivity contribution in [2.75, 3.05) is 27.2 Å². The van der Waals surface area contributed by atoms with Crippen LogP contribution in [0.1, 0.15) is 25.7 Å². The summed E-state index contributed by atoms with van der Waals surface area (Å²) >= 11 is 12.3. The molecule has 28 heavy (non-hydrogen) atoms. The molecule has 12 heteroatoms. The molecule has 156 valence electrons. The number of carbonyl (C=O) groups is 2. The minimum Gasteiger partial charge on any atom is -0.299 e. The van der Waals surface area contributed by atoms with Gasteiger partial charge in [0, 0.05) is 35.9 Å². The van der Waals surface area contributed by atoms with E-state index in [4.69, 9.17) is 23.2 Å². The molecule has 0 bridgehead atoms. The van der Waals surface area contributed by atoms with E-state index in [-0.39, 0.29) is 10.8 Å². The highest BCUT2D eigenvalue weighted by molar-refractivity contribution is 6.21. The molecule has 0 radical (unpaired) electrons. The molecule has 0 saturated carbocycles. The Kier molecular flexibility index (Phi) is 6.53. The van der Waals surface area contributed by atoms with Crippen molar-refractivity contribution in [3.8, 4) is 0 Å². The fourth-order valence-electron chi connectivity index (χ4n) is 4.61. The summed E-state index contributed by atoms with van der Waals surface area (Å²) < 4.78 is 0. The Hall–Kier alpha value is -1.36. The highest BCUT2D eigenvalue weighted by Crippen LogP contribution is 2.33. The summed E-state index contributed by atoms with van der Waals surface area (Å²) in [6, 6.07) is -3.32. The first-order valence-electron chi connectivity index (χ1n) is 9.31. The van der Waals surface area contributed by atoms with Crippen molar-refractivity contribution in [3.63, 3.8) is 0 Å². The third kappa shape index (κ3) is 3.74. The maximum atomic E-state index is 13.2. The van der Waals surface area contributed by atoms with Crippen LogP contribution in [0.3, 0.4) is 0 Å². The standard InChI is InChI=1S/C16H24Cl2N6O4/c1-21-7-9(17)3-5-11(21)13-15(25)24(20-28)14(16(26)23(13)19-27)12-6-4-10(18)8-22(12)2/h9-14H,3-8H2,1-2H3. The second-order valence-electron chi connectivity index (χ2n) is 7.78. The van der Waals surface area contributed by atoms with Crippen LogP contribution in [-0.4, -0.2) is 93.7 Å². The number of likely N-dealkylation sites (tertiary alicyclic amines) is 2. The summed E-state index contributed by atoms with van der Waals surface area (Å²) in [5, 5.41) is 7.00. The predicted octanol–water partition coefficient (Wildman–Crippen LogP) is 1.16. The molecule has 0 aromatic heterocycles. The van der Waals surface area contributed by atoms with E-state index in [1.54, 1.807) is 14.1 Å². The van der Waals surface area contributed by atoms with Crippen molar-refractivity contribution in [3.05, 3.63) is 9.81 Å². The molecule has 3 aliphatic rings. The molecule has 6 unspecified atom stereocenters. The smallest absolute Gasteiger partial charge is 0.272 e. The lowest BCUT2D eigenvalue weighted by Gasteiger charge is -2.48. The van der Waals surface area contributed by atoms with Gasteiger partial charge in [-0.2, -0.15) is 10.0 Å². The lowest BCUT2D eigenvalue weighted by molar-refractivity contribution is -0.169. The van der Waals surface area contributed by atoms with Crippen LogP contribution in [0, 0.1) is 9.81 Å². The monoisotopic (exact) mass is 434 g/mol. The van der Waals surface area contributed by atoms with Gasteiger partial charge in [-0.1, -0.05) is 0 Å². The molecular weight excluding hydrogens is 411 g/mol. The lowest BCUT2D eigenvalue weighted by atomic mass is 9.88. The molecule has 3 saturated heterocycles. The van der Waals surface area contributed by atoms with E-state index in [2.05, 4.69) is 10.6 Å². The molecule has 3 rings (SSSR count). The number of nitroso groups, excluding NO2 is 2. The number of rotatable bonds is 4. The number of piperidine rings is 2. The third-order valence-electron chi connectivity index (χ3n) is 6.05. The van der Waals surface area contributed by atoms with Crippen LogP contribution >= 0.6 is 23.2 Å². The van der Waals surface area contributed by atoms with Gasteiger partial charge in [-0.3, -0.25) is 19.4 Å². The summed E-state index contributed by atoms with van der Waals surface area (Å²) in [6.07, 6.45) is 2.24. The Labute approximate surface area is 172 Å². The summed E-state index contributed by atoms with van der Waals surface area (Å²) in [5.74, 6) is -1.38. The van der Waals surface area contributed by atoms with E-state index < -0.39 is 36.0 Å². The van der Waals surface area contributed by atoms with E-state index >= 15 is 0 Å². The Morgan fingerprint density at radius 3 is 1.39 bits per heavy atom. The van der Waals surface area contributed by atoms with E-state index in [1.807, 2.05) is 9.80 Å². The second-order valence-corrected chi connectivity index (χ2v) is 9.02. The van der Waals surface area contributed by atoms with Crippen LogP contribution in [0.2, 0.25) is 0 Å². The van der Waals surface area contributed by atoms with Gasteiger partial charge in [-0.05, 0) is 39.8 Å². The van der Waals surface area contributed by atoms with E-state index in [0.717, 1.165) is 0 Å². The number of amides is 2. The maximum absolute atomic E-state index is 13.2. The van der Waals surface area contributed by atoms with Gasteiger partial charge in [0.2, 0.25) is 0 Å². The molecule has 0 aromatic carbocycles. The quantitative estimate of drug-likeness (QED) is 0.485. The molecule has 2 amide bonds. The molecule has 6 atom stereocenters. The number of hydrogen-bond acceptors (Lipinski definition) is 8. The average Bonchev–Trinajstić information content (AvgIpc) is 2.64. The first kappa shape index (κ1) is 21.4. The second kappa shape index (κ2) is 8.56. The zero-order valence-corrected chi connectivity index (χ0v) is 17.3. The SMILES string of the molecule is CN1CC(Cl)CCC1C1C(=O)N(N=O)C(C2CCC(Cl)CN2C)C(=O)N1N=O. The molecule has 0 N–H and O–H groups in total. The number of halogens is 2. The number of piperazine rings is 1. The molecule has 3 fully saturated rings. The number of carbonyl (C=O) groups excluding carboxylic acids is 2. The predicted molar refractivity (Wildman–Crippen MR) is 103 cm³/mol. The molecule has 0 aliphatic carbocycles. The fourth-order valence-corrected chi connectivity index (χ4v) is 5.30. The Balaban J connectivity index is 1.91. The van der Waals surface area contributed by atoms with Gasteiger partial charge < -0.3 is 0 Å². The van der Waals surface area contributed by atoms with Gasteiger partial charge >= 0.3 is 0 Å². The van der Waals surface area contributed by atoms with Crippen LogP contribution in [0.15, 0.2) is 10.6 Å². The summed E-state index contributed by atoms with van der Waals surface area (Å²) in [4.78, 5) is 53.1. The minimum absolute atomic E-state index is 0.0827. The molecule has 0 aromatic rings. The van der Waals surface area contributed by atoms with E-state index in [9.17, 15) is 19.4 Å². The van der Waals surface area contributed by atoms with Gasteiger partial charge in [0.25, 0.3) is 11.8 Å². The fraction of sp³-hybridized carbons (Fsp3) is 0.875. The van der Waals surface area contributed by atoms with Crippen LogP contribution < -0.4 is 0 Å². The molecule has 10 nitrogen and oxygen atoms in total. The van der Waals surface area contributed by atoms with Crippen LogP contribution in [0.5, 0.6) is 0 Å². The molecular formula is C16H24Cl2N6O4. The van der Waals surface area contributed by atoms with E-state index in [0.29, 0.717) is 48.8 Å². The summed E-state index contributed by atoms with van der Waals surface area (Å²) in [6.45, 7) is 0.995. The number of alkyl halides is 2.